The zero-order valence-electron chi connectivity index (χ0n) is 11.8. The van der Waals surface area contributed by atoms with Crippen molar-refractivity contribution in [2.24, 2.45) is 0 Å². The lowest BCUT2D eigenvalue weighted by Crippen LogP contribution is -2.46. The second-order valence-corrected chi connectivity index (χ2v) is 4.97. The number of nitrogens with one attached hydrogen (secondary N) is 1. The van der Waals surface area contributed by atoms with Crippen molar-refractivity contribution in [2.45, 2.75) is 32.2 Å². The highest BCUT2D eigenvalue weighted by molar-refractivity contribution is 5.77. The molecule has 0 radical (unpaired) electrons. The summed E-state index contributed by atoms with van der Waals surface area (Å²) < 4.78 is 0. The largest absolute Gasteiger partial charge is 0.348 e. The van der Waals surface area contributed by atoms with Crippen LogP contribution in [0.1, 0.15) is 26.2 Å². The number of piperidine rings is 1. The molecule has 0 aromatic heterocycles. The van der Waals surface area contributed by atoms with E-state index in [1.807, 2.05) is 21.0 Å². The van der Waals surface area contributed by atoms with E-state index in [-0.39, 0.29) is 5.91 Å². The Kier molecular flexibility index (Phi) is 6.77. The van der Waals surface area contributed by atoms with E-state index in [1.165, 1.54) is 0 Å². The number of likely N-dealkylation sites (N-methyl/N-ethyl adjacent to an activating group) is 1. The predicted molar refractivity (Wildman–Crippen MR) is 74.2 cm³/mol. The Morgan fingerprint density at radius 2 is 2.06 bits per heavy atom. The minimum absolute atomic E-state index is 0.194. The van der Waals surface area contributed by atoms with E-state index in [4.69, 9.17) is 0 Å². The molecule has 1 N–H and O–H groups in total. The third kappa shape index (κ3) is 5.52. The first-order valence-electron chi connectivity index (χ1n) is 6.69. The van der Waals surface area contributed by atoms with Gasteiger partial charge in [-0.2, -0.15) is 0 Å². The molecule has 18 heavy (non-hydrogen) atoms. The Balaban J connectivity index is 2.15. The van der Waals surface area contributed by atoms with Gasteiger partial charge in [0, 0.05) is 46.2 Å². The molecule has 1 heterocycles. The van der Waals surface area contributed by atoms with Gasteiger partial charge in [0.15, 0.2) is 0 Å². The van der Waals surface area contributed by atoms with Crippen LogP contribution < -0.4 is 5.32 Å². The maximum atomic E-state index is 11.6. The molecule has 0 bridgehead atoms. The topological polar surface area (TPSA) is 35.6 Å². The Morgan fingerprint density at radius 3 is 2.61 bits per heavy atom. The van der Waals surface area contributed by atoms with E-state index in [0.717, 1.165) is 38.9 Å². The highest BCUT2D eigenvalue weighted by Crippen LogP contribution is 2.10. The molecule has 0 saturated carbocycles. The standard InChI is InChI=1S/C14H25N3O/c1-4-5-6-9-15-13-7-10-17(11-8-13)12-14(18)16(2)3/h13,15H,6-12H2,1-3H3. The molecule has 1 fully saturated rings. The van der Waals surface area contributed by atoms with Crippen LogP contribution in [0.3, 0.4) is 0 Å². The van der Waals surface area contributed by atoms with E-state index in [1.54, 1.807) is 4.90 Å². The van der Waals surface area contributed by atoms with Crippen LogP contribution in [0.4, 0.5) is 0 Å². The molecule has 0 spiro atoms. The minimum atomic E-state index is 0.194. The monoisotopic (exact) mass is 251 g/mol. The van der Waals surface area contributed by atoms with Crippen molar-refractivity contribution in [3.05, 3.63) is 0 Å². The summed E-state index contributed by atoms with van der Waals surface area (Å²) in [5.41, 5.74) is 0. The third-order valence-electron chi connectivity index (χ3n) is 3.31. The van der Waals surface area contributed by atoms with Crippen LogP contribution in [0.25, 0.3) is 0 Å². The summed E-state index contributed by atoms with van der Waals surface area (Å²) in [4.78, 5) is 15.5. The van der Waals surface area contributed by atoms with E-state index in [0.29, 0.717) is 12.6 Å². The first-order chi connectivity index (χ1) is 8.63. The summed E-state index contributed by atoms with van der Waals surface area (Å²) >= 11 is 0. The van der Waals surface area contributed by atoms with Crippen molar-refractivity contribution < 1.29 is 4.79 Å². The average Bonchev–Trinajstić information content (AvgIpc) is 2.36. The first kappa shape index (κ1) is 15.0. The van der Waals surface area contributed by atoms with Crippen LogP contribution in [0.2, 0.25) is 0 Å². The summed E-state index contributed by atoms with van der Waals surface area (Å²) in [6.45, 7) is 5.43. The summed E-state index contributed by atoms with van der Waals surface area (Å²) in [6, 6.07) is 0.592. The van der Waals surface area contributed by atoms with Gasteiger partial charge in [0.25, 0.3) is 0 Å². The van der Waals surface area contributed by atoms with Crippen LogP contribution >= 0.6 is 0 Å². The molecule has 4 nitrogen and oxygen atoms in total. The highest BCUT2D eigenvalue weighted by atomic mass is 16.2. The van der Waals surface area contributed by atoms with E-state index >= 15 is 0 Å². The molecule has 102 valence electrons. The summed E-state index contributed by atoms with van der Waals surface area (Å²) in [6.07, 6.45) is 3.18. The van der Waals surface area contributed by atoms with Gasteiger partial charge in [-0.1, -0.05) is 0 Å². The maximum Gasteiger partial charge on any atom is 0.236 e. The third-order valence-corrected chi connectivity index (χ3v) is 3.31. The number of carbonyl (C=O) groups is 1. The molecule has 4 heteroatoms. The molecule has 0 unspecified atom stereocenters. The van der Waals surface area contributed by atoms with Gasteiger partial charge in [-0.25, -0.2) is 0 Å². The van der Waals surface area contributed by atoms with E-state index < -0.39 is 0 Å². The zero-order valence-corrected chi connectivity index (χ0v) is 11.8. The van der Waals surface area contributed by atoms with Crippen LogP contribution in [-0.4, -0.2) is 62.0 Å². The van der Waals surface area contributed by atoms with Gasteiger partial charge in [-0.15, -0.1) is 11.8 Å². The number of likely N-dealkylation sites (tertiary alicyclic amines) is 1. The molecule has 1 saturated heterocycles. The molecular formula is C14H25N3O. The molecule has 1 aliphatic rings. The van der Waals surface area contributed by atoms with Crippen LogP contribution in [-0.2, 0) is 4.79 Å². The summed E-state index contributed by atoms with van der Waals surface area (Å²) in [5, 5.41) is 3.53. The van der Waals surface area contributed by atoms with Crippen molar-refractivity contribution in [1.29, 1.82) is 0 Å². The van der Waals surface area contributed by atoms with Gasteiger partial charge in [-0.3, -0.25) is 9.69 Å². The Bertz CT molecular complexity index is 309. The van der Waals surface area contributed by atoms with Gasteiger partial charge in [0.05, 0.1) is 6.54 Å². The van der Waals surface area contributed by atoms with E-state index in [2.05, 4.69) is 22.1 Å². The minimum Gasteiger partial charge on any atom is -0.348 e. The molecule has 0 aliphatic carbocycles. The van der Waals surface area contributed by atoms with Crippen molar-refractivity contribution in [3.8, 4) is 11.8 Å². The fraction of sp³-hybridized carbons (Fsp3) is 0.786. The average molecular weight is 251 g/mol. The maximum absolute atomic E-state index is 11.6. The quantitative estimate of drug-likeness (QED) is 0.572. The number of hydrogen-bond acceptors (Lipinski definition) is 3. The zero-order chi connectivity index (χ0) is 13.4. The number of nitrogens with zero attached hydrogens (tertiary/aromatic N) is 2. The number of rotatable bonds is 5. The first-order valence-corrected chi connectivity index (χ1v) is 6.69. The lowest BCUT2D eigenvalue weighted by atomic mass is 10.0. The molecule has 1 amide bonds. The number of carbonyl (C=O) groups excluding carboxylic acids is 1. The van der Waals surface area contributed by atoms with Gasteiger partial charge in [0.2, 0.25) is 5.91 Å². The molecule has 0 aromatic rings. The van der Waals surface area contributed by atoms with Crippen molar-refractivity contribution in [2.75, 3.05) is 40.3 Å². The van der Waals surface area contributed by atoms with E-state index in [9.17, 15) is 4.79 Å². The van der Waals surface area contributed by atoms with Crippen molar-refractivity contribution in [1.82, 2.24) is 15.1 Å². The summed E-state index contributed by atoms with van der Waals surface area (Å²) in [5.74, 6) is 6.16. The van der Waals surface area contributed by atoms with Gasteiger partial charge in [-0.05, 0) is 19.8 Å². The Hall–Kier alpha value is -1.05. The molecule has 1 aliphatic heterocycles. The highest BCUT2D eigenvalue weighted by Gasteiger charge is 2.20. The molecule has 0 aromatic carbocycles. The Labute approximate surface area is 111 Å². The number of amides is 1. The Morgan fingerprint density at radius 1 is 1.39 bits per heavy atom. The smallest absolute Gasteiger partial charge is 0.236 e. The molecule has 0 atom stereocenters. The fourth-order valence-corrected chi connectivity index (χ4v) is 2.09. The molecule has 1 rings (SSSR count). The van der Waals surface area contributed by atoms with Crippen LogP contribution in [0.15, 0.2) is 0 Å². The SMILES string of the molecule is CC#CCCNC1CCN(CC(=O)N(C)C)CC1. The number of hydrogen-bond donors (Lipinski definition) is 1. The summed E-state index contributed by atoms with van der Waals surface area (Å²) in [7, 11) is 3.62. The van der Waals surface area contributed by atoms with Gasteiger partial charge in [0.1, 0.15) is 0 Å². The van der Waals surface area contributed by atoms with Crippen LogP contribution in [0.5, 0.6) is 0 Å². The van der Waals surface area contributed by atoms with Gasteiger partial charge >= 0.3 is 0 Å². The van der Waals surface area contributed by atoms with Crippen molar-refractivity contribution in [3.63, 3.8) is 0 Å². The van der Waals surface area contributed by atoms with Gasteiger partial charge < -0.3 is 10.2 Å². The normalized spacial score (nSPS) is 17.1. The predicted octanol–water partition coefficient (Wildman–Crippen LogP) is 0.542. The lowest BCUT2D eigenvalue weighted by Gasteiger charge is -2.32. The van der Waals surface area contributed by atoms with Crippen molar-refractivity contribution >= 4 is 5.91 Å². The second-order valence-electron chi connectivity index (χ2n) is 4.97. The molecular weight excluding hydrogens is 226 g/mol. The second kappa shape index (κ2) is 8.12. The van der Waals surface area contributed by atoms with Crippen LogP contribution in [0, 0.1) is 11.8 Å². The lowest BCUT2D eigenvalue weighted by molar-refractivity contribution is -0.130. The fourth-order valence-electron chi connectivity index (χ4n) is 2.09.